The Labute approximate surface area is 128 Å². The van der Waals surface area contributed by atoms with Crippen LogP contribution in [0.15, 0.2) is 42.5 Å². The number of nitrogens with two attached hydrogens (primary N) is 1. The highest BCUT2D eigenvalue weighted by atomic mass is 19.4. The fourth-order valence-corrected chi connectivity index (χ4v) is 2.36. The summed E-state index contributed by atoms with van der Waals surface area (Å²) in [5.74, 6) is 0. The smallest absolute Gasteiger partial charge is 0.326 e. The fourth-order valence-electron chi connectivity index (χ4n) is 2.36. The Hall–Kier alpha value is -2.02. The summed E-state index contributed by atoms with van der Waals surface area (Å²) >= 11 is 0. The lowest BCUT2D eigenvalue weighted by molar-refractivity contribution is -0.139. The van der Waals surface area contributed by atoms with Crippen molar-refractivity contribution in [3.63, 3.8) is 0 Å². The largest absolute Gasteiger partial charge is 0.416 e. The van der Waals surface area contributed by atoms with Gasteiger partial charge in [-0.15, -0.1) is 0 Å². The molecule has 0 spiro atoms. The molecule has 2 aromatic rings. The van der Waals surface area contributed by atoms with Crippen LogP contribution in [0.1, 0.15) is 27.8 Å². The van der Waals surface area contributed by atoms with Gasteiger partial charge in [-0.1, -0.05) is 30.3 Å². The van der Waals surface area contributed by atoms with E-state index >= 15 is 0 Å². The van der Waals surface area contributed by atoms with Gasteiger partial charge in [0.2, 0.25) is 0 Å². The highest BCUT2D eigenvalue weighted by Crippen LogP contribution is 2.35. The molecule has 0 aliphatic heterocycles. The van der Waals surface area contributed by atoms with Crippen LogP contribution in [0.5, 0.6) is 0 Å². The molecule has 0 fully saturated rings. The first-order valence-corrected chi connectivity index (χ1v) is 6.67. The topological polar surface area (TPSA) is 26.0 Å². The predicted molar refractivity (Wildman–Crippen MR) is 73.6 cm³/mol. The third kappa shape index (κ3) is 4.04. The molecule has 1 nitrogen and oxygen atoms in total. The maximum absolute atomic E-state index is 13.1. The van der Waals surface area contributed by atoms with E-state index in [-0.39, 0.29) is 29.7 Å². The molecule has 2 N–H and O–H groups in total. The van der Waals surface area contributed by atoms with Gasteiger partial charge in [-0.25, -0.2) is 0 Å². The summed E-state index contributed by atoms with van der Waals surface area (Å²) in [4.78, 5) is 0. The van der Waals surface area contributed by atoms with Crippen LogP contribution in [0.2, 0.25) is 0 Å². The van der Waals surface area contributed by atoms with E-state index in [0.717, 1.165) is 18.2 Å². The molecular weight excluding hydrogens is 320 g/mol. The second kappa shape index (κ2) is 6.23. The molecule has 2 rings (SSSR count). The normalized spacial score (nSPS) is 12.5. The van der Waals surface area contributed by atoms with Crippen LogP contribution >= 0.6 is 0 Å². The van der Waals surface area contributed by atoms with Crippen molar-refractivity contribution in [1.29, 1.82) is 0 Å². The quantitative estimate of drug-likeness (QED) is 0.804. The molecule has 23 heavy (non-hydrogen) atoms. The van der Waals surface area contributed by atoms with E-state index in [1.54, 1.807) is 0 Å². The molecule has 2 aromatic carbocycles. The number of halogens is 6. The first-order valence-electron chi connectivity index (χ1n) is 6.67. The molecule has 0 atom stereocenters. The molecular formula is C16H13F6N. The Morgan fingerprint density at radius 2 is 1.48 bits per heavy atom. The lowest BCUT2D eigenvalue weighted by Gasteiger charge is -2.17. The number of rotatable bonds is 3. The minimum atomic E-state index is -4.60. The third-order valence-corrected chi connectivity index (χ3v) is 3.43. The van der Waals surface area contributed by atoms with Gasteiger partial charge in [0.05, 0.1) is 11.1 Å². The van der Waals surface area contributed by atoms with E-state index in [1.807, 2.05) is 0 Å². The van der Waals surface area contributed by atoms with Crippen LogP contribution in [-0.2, 0) is 25.3 Å². The minimum absolute atomic E-state index is 0.0955. The van der Waals surface area contributed by atoms with E-state index in [2.05, 4.69) is 0 Å². The summed E-state index contributed by atoms with van der Waals surface area (Å²) in [5, 5.41) is 0. The fraction of sp³-hybridized carbons (Fsp3) is 0.250. The monoisotopic (exact) mass is 333 g/mol. The summed E-state index contributed by atoms with van der Waals surface area (Å²) in [6.45, 7) is -0.127. The average Bonchev–Trinajstić information content (AvgIpc) is 2.45. The van der Waals surface area contributed by atoms with E-state index < -0.39 is 23.5 Å². The maximum Gasteiger partial charge on any atom is 0.416 e. The van der Waals surface area contributed by atoms with Gasteiger partial charge in [-0.05, 0) is 35.2 Å². The number of benzene rings is 2. The minimum Gasteiger partial charge on any atom is -0.326 e. The Morgan fingerprint density at radius 1 is 0.826 bits per heavy atom. The van der Waals surface area contributed by atoms with Crippen LogP contribution < -0.4 is 5.73 Å². The van der Waals surface area contributed by atoms with Gasteiger partial charge in [-0.2, -0.15) is 26.3 Å². The van der Waals surface area contributed by atoms with Crippen molar-refractivity contribution in [1.82, 2.24) is 0 Å². The average molecular weight is 333 g/mol. The van der Waals surface area contributed by atoms with Crippen LogP contribution in [0, 0.1) is 0 Å². The molecule has 7 heteroatoms. The third-order valence-electron chi connectivity index (χ3n) is 3.43. The lowest BCUT2D eigenvalue weighted by atomic mass is 9.93. The van der Waals surface area contributed by atoms with Crippen molar-refractivity contribution < 1.29 is 26.3 Å². The summed E-state index contributed by atoms with van der Waals surface area (Å²) < 4.78 is 77.5. The van der Waals surface area contributed by atoms with E-state index in [9.17, 15) is 26.3 Å². The molecule has 0 bridgehead atoms. The first kappa shape index (κ1) is 17.3. The molecule has 0 aliphatic carbocycles. The van der Waals surface area contributed by atoms with Gasteiger partial charge in [0.1, 0.15) is 0 Å². The lowest BCUT2D eigenvalue weighted by Crippen LogP contribution is -2.14. The van der Waals surface area contributed by atoms with E-state index in [0.29, 0.717) is 0 Å². The first-order chi connectivity index (χ1) is 10.6. The molecule has 0 radical (unpaired) electrons. The summed E-state index contributed by atoms with van der Waals surface area (Å²) in [5.41, 5.74) is 4.01. The Balaban J connectivity index is 2.48. The van der Waals surface area contributed by atoms with Gasteiger partial charge >= 0.3 is 12.4 Å². The van der Waals surface area contributed by atoms with Gasteiger partial charge in [0.15, 0.2) is 0 Å². The maximum atomic E-state index is 13.1. The molecule has 0 amide bonds. The van der Waals surface area contributed by atoms with Gasteiger partial charge < -0.3 is 5.73 Å². The SMILES string of the molecule is NCc1cccc(C(F)(F)F)c1Cc1cccc(C(F)(F)F)c1. The summed E-state index contributed by atoms with van der Waals surface area (Å²) in [7, 11) is 0. The molecule has 0 saturated carbocycles. The Kier molecular flexibility index (Phi) is 4.70. The molecule has 0 unspecified atom stereocenters. The van der Waals surface area contributed by atoms with Crippen molar-refractivity contribution in [3.05, 3.63) is 70.3 Å². The second-order valence-electron chi connectivity index (χ2n) is 5.02. The van der Waals surface area contributed by atoms with Crippen molar-refractivity contribution in [2.75, 3.05) is 0 Å². The summed E-state index contributed by atoms with van der Waals surface area (Å²) in [6.07, 6.45) is -9.41. The molecule has 0 aromatic heterocycles. The van der Waals surface area contributed by atoms with Crippen LogP contribution in [0.4, 0.5) is 26.3 Å². The molecule has 124 valence electrons. The van der Waals surface area contributed by atoms with E-state index in [4.69, 9.17) is 5.73 Å². The van der Waals surface area contributed by atoms with Crippen LogP contribution in [0.25, 0.3) is 0 Å². The van der Waals surface area contributed by atoms with Crippen molar-refractivity contribution in [2.24, 2.45) is 5.73 Å². The van der Waals surface area contributed by atoms with Crippen LogP contribution in [-0.4, -0.2) is 0 Å². The number of alkyl halides is 6. The number of hydrogen-bond donors (Lipinski definition) is 1. The Bertz CT molecular complexity index is 688. The molecule has 0 aliphatic rings. The van der Waals surface area contributed by atoms with Crippen molar-refractivity contribution >= 4 is 0 Å². The molecule has 0 saturated heterocycles. The highest BCUT2D eigenvalue weighted by Gasteiger charge is 2.34. The second-order valence-corrected chi connectivity index (χ2v) is 5.02. The van der Waals surface area contributed by atoms with Crippen molar-refractivity contribution in [2.45, 2.75) is 25.3 Å². The predicted octanol–water partition coefficient (Wildman–Crippen LogP) is 4.77. The highest BCUT2D eigenvalue weighted by molar-refractivity contribution is 5.41. The zero-order valence-electron chi connectivity index (χ0n) is 11.8. The Morgan fingerprint density at radius 3 is 2.04 bits per heavy atom. The summed E-state index contributed by atoms with van der Waals surface area (Å²) in [6, 6.07) is 7.86. The van der Waals surface area contributed by atoms with Crippen LogP contribution in [0.3, 0.4) is 0 Å². The zero-order chi connectivity index (χ0) is 17.3. The zero-order valence-corrected chi connectivity index (χ0v) is 11.8. The van der Waals surface area contributed by atoms with E-state index in [1.165, 1.54) is 24.3 Å². The van der Waals surface area contributed by atoms with Gasteiger partial charge in [-0.3, -0.25) is 0 Å². The number of hydrogen-bond acceptors (Lipinski definition) is 1. The molecule has 0 heterocycles. The van der Waals surface area contributed by atoms with Gasteiger partial charge in [0, 0.05) is 6.54 Å². The van der Waals surface area contributed by atoms with Crippen molar-refractivity contribution in [3.8, 4) is 0 Å². The van der Waals surface area contributed by atoms with Gasteiger partial charge in [0.25, 0.3) is 0 Å². The standard InChI is InChI=1S/C16H13F6N/c17-15(18,19)12-5-1-3-10(7-12)8-13-11(9-23)4-2-6-14(13)16(20,21)22/h1-7H,8-9,23H2.